The lowest BCUT2D eigenvalue weighted by Gasteiger charge is -2.37. The summed E-state index contributed by atoms with van der Waals surface area (Å²) in [6, 6.07) is 0. The van der Waals surface area contributed by atoms with Crippen molar-refractivity contribution in [2.45, 2.75) is 84.0 Å². The molecule has 3 atom stereocenters. The Balaban J connectivity index is 0.000000491. The Morgan fingerprint density at radius 2 is 2.00 bits per heavy atom. The Morgan fingerprint density at radius 1 is 1.43 bits per heavy atom. The van der Waals surface area contributed by atoms with E-state index in [-0.39, 0.29) is 11.7 Å². The van der Waals surface area contributed by atoms with Crippen molar-refractivity contribution in [1.29, 1.82) is 0 Å². The van der Waals surface area contributed by atoms with Crippen LogP contribution in [0.2, 0.25) is 0 Å². The third kappa shape index (κ3) is 5.44. The molecule has 0 bridgehead atoms. The number of aliphatic hydroxyl groups is 1. The smallest absolute Gasteiger partial charge is 0.300 e. The standard InChI is InChI=1S/C15H26O2.C2H4O2/c1-11-5-7-12(8-6-11)15(4)10-9-13(17-15)14(2,3)16;1-2(3)4/h5,12-13,16H,6-10H2,1-4H3;1H3,(H,3,4). The van der Waals surface area contributed by atoms with Crippen LogP contribution in [-0.2, 0) is 9.53 Å². The predicted octanol–water partition coefficient (Wildman–Crippen LogP) is 3.53. The summed E-state index contributed by atoms with van der Waals surface area (Å²) in [5.74, 6) is -0.210. The minimum atomic E-state index is -0.833. The van der Waals surface area contributed by atoms with Gasteiger partial charge in [-0.2, -0.15) is 0 Å². The summed E-state index contributed by atoms with van der Waals surface area (Å²) >= 11 is 0. The van der Waals surface area contributed by atoms with Crippen LogP contribution in [0.3, 0.4) is 0 Å². The van der Waals surface area contributed by atoms with E-state index in [2.05, 4.69) is 19.9 Å². The molecular weight excluding hydrogens is 268 g/mol. The fourth-order valence-corrected chi connectivity index (χ4v) is 3.18. The largest absolute Gasteiger partial charge is 0.481 e. The topological polar surface area (TPSA) is 66.8 Å². The first kappa shape index (κ1) is 18.2. The molecule has 0 spiro atoms. The third-order valence-electron chi connectivity index (χ3n) is 4.60. The van der Waals surface area contributed by atoms with Gasteiger partial charge >= 0.3 is 0 Å². The van der Waals surface area contributed by atoms with Gasteiger partial charge in [0.05, 0.1) is 17.3 Å². The van der Waals surface area contributed by atoms with Crippen LogP contribution in [0, 0.1) is 5.92 Å². The van der Waals surface area contributed by atoms with Gasteiger partial charge < -0.3 is 14.9 Å². The second kappa shape index (κ2) is 6.93. The van der Waals surface area contributed by atoms with Gasteiger partial charge in [0.1, 0.15) is 0 Å². The highest BCUT2D eigenvalue weighted by Gasteiger charge is 2.46. The summed E-state index contributed by atoms with van der Waals surface area (Å²) in [7, 11) is 0. The average molecular weight is 298 g/mol. The molecule has 0 aromatic carbocycles. The van der Waals surface area contributed by atoms with Crippen molar-refractivity contribution in [3.05, 3.63) is 11.6 Å². The number of rotatable bonds is 2. The minimum absolute atomic E-state index is 0.000460. The molecule has 3 unspecified atom stereocenters. The number of carbonyl (C=O) groups is 1. The normalized spacial score (nSPS) is 33.0. The van der Waals surface area contributed by atoms with Gasteiger partial charge in [0.2, 0.25) is 0 Å². The van der Waals surface area contributed by atoms with Crippen LogP contribution in [0.15, 0.2) is 11.6 Å². The second-order valence-corrected chi connectivity index (χ2v) is 7.15. The zero-order valence-electron chi connectivity index (χ0n) is 14.0. The van der Waals surface area contributed by atoms with E-state index >= 15 is 0 Å². The van der Waals surface area contributed by atoms with E-state index in [0.717, 1.165) is 26.2 Å². The number of hydrogen-bond acceptors (Lipinski definition) is 3. The van der Waals surface area contributed by atoms with Gasteiger partial charge in [0.25, 0.3) is 5.97 Å². The Kier molecular flexibility index (Phi) is 6.00. The molecule has 1 aliphatic heterocycles. The number of carboxylic acids is 1. The van der Waals surface area contributed by atoms with Gasteiger partial charge in [0.15, 0.2) is 0 Å². The van der Waals surface area contributed by atoms with Gasteiger partial charge in [-0.15, -0.1) is 0 Å². The molecule has 0 amide bonds. The van der Waals surface area contributed by atoms with Gasteiger partial charge in [0, 0.05) is 6.92 Å². The molecule has 0 saturated carbocycles. The molecule has 0 aromatic rings. The molecule has 1 fully saturated rings. The summed E-state index contributed by atoms with van der Waals surface area (Å²) in [5, 5.41) is 17.5. The molecule has 1 saturated heterocycles. The van der Waals surface area contributed by atoms with Crippen molar-refractivity contribution in [3.8, 4) is 0 Å². The van der Waals surface area contributed by atoms with Crippen LogP contribution in [0.4, 0.5) is 0 Å². The van der Waals surface area contributed by atoms with Crippen molar-refractivity contribution >= 4 is 5.97 Å². The van der Waals surface area contributed by atoms with Crippen LogP contribution < -0.4 is 0 Å². The predicted molar refractivity (Wildman–Crippen MR) is 83.2 cm³/mol. The van der Waals surface area contributed by atoms with Crippen molar-refractivity contribution in [3.63, 3.8) is 0 Å². The zero-order chi connectivity index (χ0) is 16.3. The molecule has 0 aromatic heterocycles. The van der Waals surface area contributed by atoms with Crippen LogP contribution >= 0.6 is 0 Å². The van der Waals surface area contributed by atoms with E-state index in [4.69, 9.17) is 14.6 Å². The summed E-state index contributed by atoms with van der Waals surface area (Å²) in [6.45, 7) is 9.24. The molecule has 2 aliphatic rings. The van der Waals surface area contributed by atoms with Gasteiger partial charge in [-0.05, 0) is 65.7 Å². The molecule has 21 heavy (non-hydrogen) atoms. The van der Waals surface area contributed by atoms with Crippen LogP contribution in [0.5, 0.6) is 0 Å². The molecule has 4 heteroatoms. The maximum Gasteiger partial charge on any atom is 0.300 e. The quantitative estimate of drug-likeness (QED) is 0.765. The SMILES string of the molecule is CC(=O)O.CC1=CCC(C2(C)CCC(C(C)(C)O)O2)CC1. The highest BCUT2D eigenvalue weighted by molar-refractivity contribution is 5.62. The Bertz CT molecular complexity index is 390. The fourth-order valence-electron chi connectivity index (χ4n) is 3.18. The zero-order valence-corrected chi connectivity index (χ0v) is 14.0. The van der Waals surface area contributed by atoms with E-state index in [1.807, 2.05) is 13.8 Å². The maximum absolute atomic E-state index is 10.1. The Morgan fingerprint density at radius 3 is 2.38 bits per heavy atom. The lowest BCUT2D eigenvalue weighted by atomic mass is 9.77. The number of hydrogen-bond donors (Lipinski definition) is 2. The maximum atomic E-state index is 10.1. The van der Waals surface area contributed by atoms with Gasteiger partial charge in [-0.25, -0.2) is 0 Å². The van der Waals surface area contributed by atoms with Gasteiger partial charge in [-0.1, -0.05) is 11.6 Å². The molecular formula is C17H30O4. The molecule has 0 radical (unpaired) electrons. The Hall–Kier alpha value is -0.870. The lowest BCUT2D eigenvalue weighted by molar-refractivity contribution is -0.135. The highest BCUT2D eigenvalue weighted by Crippen LogP contribution is 2.44. The number of allylic oxidation sites excluding steroid dienone is 2. The lowest BCUT2D eigenvalue weighted by Crippen LogP contribution is -2.41. The van der Waals surface area contributed by atoms with Crippen molar-refractivity contribution in [2.24, 2.45) is 5.92 Å². The van der Waals surface area contributed by atoms with E-state index < -0.39 is 11.6 Å². The van der Waals surface area contributed by atoms with Crippen molar-refractivity contribution in [2.75, 3.05) is 0 Å². The first-order chi connectivity index (χ1) is 9.54. The number of carboxylic acid groups (broad SMARTS) is 1. The monoisotopic (exact) mass is 298 g/mol. The van der Waals surface area contributed by atoms with E-state index in [9.17, 15) is 5.11 Å². The highest BCUT2D eigenvalue weighted by atomic mass is 16.5. The fraction of sp³-hybridized carbons (Fsp3) is 0.824. The summed E-state index contributed by atoms with van der Waals surface area (Å²) in [5.41, 5.74) is 0.780. The second-order valence-electron chi connectivity index (χ2n) is 7.15. The number of aliphatic carboxylic acids is 1. The third-order valence-corrected chi connectivity index (χ3v) is 4.60. The molecule has 1 heterocycles. The van der Waals surface area contributed by atoms with Crippen molar-refractivity contribution in [1.82, 2.24) is 0 Å². The molecule has 2 rings (SSSR count). The van der Waals surface area contributed by atoms with Crippen molar-refractivity contribution < 1.29 is 19.7 Å². The first-order valence-electron chi connectivity index (χ1n) is 7.80. The minimum Gasteiger partial charge on any atom is -0.481 e. The summed E-state index contributed by atoms with van der Waals surface area (Å²) < 4.78 is 6.21. The van der Waals surface area contributed by atoms with Gasteiger partial charge in [-0.3, -0.25) is 4.79 Å². The van der Waals surface area contributed by atoms with Crippen LogP contribution in [0.25, 0.3) is 0 Å². The average Bonchev–Trinajstić information content (AvgIpc) is 2.73. The molecule has 1 aliphatic carbocycles. The Labute approximate surface area is 128 Å². The molecule has 4 nitrogen and oxygen atoms in total. The van der Waals surface area contributed by atoms with Crippen LogP contribution in [0.1, 0.15) is 66.7 Å². The van der Waals surface area contributed by atoms with E-state index in [1.54, 1.807) is 0 Å². The first-order valence-corrected chi connectivity index (χ1v) is 7.80. The summed E-state index contributed by atoms with van der Waals surface area (Å²) in [4.78, 5) is 9.00. The summed E-state index contributed by atoms with van der Waals surface area (Å²) in [6.07, 6.45) is 8.01. The number of ether oxygens (including phenoxy) is 1. The van der Waals surface area contributed by atoms with E-state index in [0.29, 0.717) is 5.92 Å². The van der Waals surface area contributed by atoms with Crippen LogP contribution in [-0.4, -0.2) is 33.5 Å². The van der Waals surface area contributed by atoms with E-state index in [1.165, 1.54) is 18.4 Å². The molecule has 122 valence electrons. The molecule has 2 N–H and O–H groups in total.